The molecule has 1 N–H and O–H groups in total. The van der Waals surface area contributed by atoms with Gasteiger partial charge in [-0.1, -0.05) is 36.4 Å². The fourth-order valence-corrected chi connectivity index (χ4v) is 3.28. The van der Waals surface area contributed by atoms with Crippen LogP contribution < -0.4 is 0 Å². The summed E-state index contributed by atoms with van der Waals surface area (Å²) in [6.07, 6.45) is 1.74. The lowest BCUT2D eigenvalue weighted by Gasteiger charge is -2.25. The number of pyridine rings is 1. The van der Waals surface area contributed by atoms with Crippen LogP contribution in [0.5, 0.6) is 0 Å². The van der Waals surface area contributed by atoms with Gasteiger partial charge >= 0.3 is 0 Å². The second-order valence-electron chi connectivity index (χ2n) is 5.88. The van der Waals surface area contributed by atoms with Gasteiger partial charge in [0, 0.05) is 31.0 Å². The van der Waals surface area contributed by atoms with Crippen molar-refractivity contribution in [3.8, 4) is 11.3 Å². The Morgan fingerprint density at radius 3 is 2.68 bits per heavy atom. The van der Waals surface area contributed by atoms with Crippen LogP contribution in [0.25, 0.3) is 11.3 Å². The van der Waals surface area contributed by atoms with Crippen LogP contribution in [0, 0.1) is 0 Å². The average Bonchev–Trinajstić information content (AvgIpc) is 3.21. The summed E-state index contributed by atoms with van der Waals surface area (Å²) in [5, 5.41) is 7.35. The molecule has 3 aromatic rings. The van der Waals surface area contributed by atoms with Crippen molar-refractivity contribution >= 4 is 5.91 Å². The molecule has 0 aliphatic carbocycles. The third kappa shape index (κ3) is 2.60. The average molecular weight is 334 g/mol. The van der Waals surface area contributed by atoms with Gasteiger partial charge in [0.25, 0.3) is 5.91 Å². The number of fused-ring (bicyclic) bond motifs is 1. The molecule has 0 saturated carbocycles. The third-order valence-corrected chi connectivity index (χ3v) is 4.42. The summed E-state index contributed by atoms with van der Waals surface area (Å²) in [4.78, 5) is 19.2. The number of aromatic nitrogens is 3. The number of benzene rings is 1. The molecule has 0 saturated heterocycles. The zero-order chi connectivity index (χ0) is 17.2. The van der Waals surface area contributed by atoms with Gasteiger partial charge in [0.15, 0.2) is 0 Å². The van der Waals surface area contributed by atoms with E-state index in [0.29, 0.717) is 18.8 Å². The number of nitrogens with one attached hydrogen (secondary N) is 1. The lowest BCUT2D eigenvalue weighted by molar-refractivity contribution is 0.0674. The molecule has 6 heteroatoms. The minimum atomic E-state index is -0.271. The van der Waals surface area contributed by atoms with E-state index in [2.05, 4.69) is 15.2 Å². The molecule has 1 aromatic carbocycles. The number of nitrogens with zero attached hydrogens (tertiary/aromatic N) is 3. The van der Waals surface area contributed by atoms with Crippen molar-refractivity contribution in [2.45, 2.75) is 6.04 Å². The number of methoxy groups -OCH3 is 1. The standard InChI is InChI=1S/C19H18N4O2/c1-25-12-11-23-18(14-9-5-6-10-20-14)15-16(13-7-3-2-4-8-13)21-22-17(15)19(23)24/h2-10,18H,11-12H2,1H3,(H,21,22)/t18-/m1/s1. The van der Waals surface area contributed by atoms with E-state index in [4.69, 9.17) is 4.74 Å². The van der Waals surface area contributed by atoms with Crippen LogP contribution in [0.2, 0.25) is 0 Å². The summed E-state index contributed by atoms with van der Waals surface area (Å²) in [5.74, 6) is -0.0719. The number of carbonyl (C=O) groups is 1. The van der Waals surface area contributed by atoms with Crippen molar-refractivity contribution in [3.05, 3.63) is 71.7 Å². The van der Waals surface area contributed by atoms with Crippen molar-refractivity contribution in [2.75, 3.05) is 20.3 Å². The zero-order valence-corrected chi connectivity index (χ0v) is 13.8. The minimum absolute atomic E-state index is 0.0719. The zero-order valence-electron chi connectivity index (χ0n) is 13.8. The summed E-state index contributed by atoms with van der Waals surface area (Å²) in [6.45, 7) is 0.959. The van der Waals surface area contributed by atoms with E-state index in [9.17, 15) is 4.79 Å². The molecule has 25 heavy (non-hydrogen) atoms. The first-order valence-corrected chi connectivity index (χ1v) is 8.15. The van der Waals surface area contributed by atoms with Crippen molar-refractivity contribution in [1.82, 2.24) is 20.1 Å². The van der Waals surface area contributed by atoms with Gasteiger partial charge in [-0.05, 0) is 12.1 Å². The Morgan fingerprint density at radius 2 is 1.96 bits per heavy atom. The number of rotatable bonds is 5. The monoisotopic (exact) mass is 334 g/mol. The molecule has 1 atom stereocenters. The Bertz CT molecular complexity index is 877. The Kier molecular flexibility index (Phi) is 4.03. The highest BCUT2D eigenvalue weighted by Crippen LogP contribution is 2.41. The number of aromatic amines is 1. The summed E-state index contributed by atoms with van der Waals surface area (Å²) in [6, 6.07) is 15.3. The summed E-state index contributed by atoms with van der Waals surface area (Å²) in [7, 11) is 1.63. The van der Waals surface area contributed by atoms with E-state index >= 15 is 0 Å². The fraction of sp³-hybridized carbons (Fsp3) is 0.211. The molecule has 2 aromatic heterocycles. The summed E-state index contributed by atoms with van der Waals surface area (Å²) in [5.41, 5.74) is 4.00. The molecule has 4 rings (SSSR count). The Labute approximate surface area is 145 Å². The van der Waals surface area contributed by atoms with Gasteiger partial charge in [0.05, 0.1) is 18.0 Å². The van der Waals surface area contributed by atoms with Gasteiger partial charge in [-0.25, -0.2) is 0 Å². The molecule has 0 spiro atoms. The smallest absolute Gasteiger partial charge is 0.273 e. The minimum Gasteiger partial charge on any atom is -0.383 e. The SMILES string of the molecule is COCCN1C(=O)c2[nH]nc(-c3ccccc3)c2[C@H]1c1ccccn1. The molecular formula is C19H18N4O2. The Hall–Kier alpha value is -2.99. The van der Waals surface area contributed by atoms with Crippen LogP contribution in [0.15, 0.2) is 54.7 Å². The maximum absolute atomic E-state index is 12.9. The molecule has 0 radical (unpaired) electrons. The molecule has 1 aliphatic rings. The number of H-pyrrole nitrogens is 1. The largest absolute Gasteiger partial charge is 0.383 e. The number of carbonyl (C=O) groups excluding carboxylic acids is 1. The molecule has 0 fully saturated rings. The molecule has 6 nitrogen and oxygen atoms in total. The first kappa shape index (κ1) is 15.5. The van der Waals surface area contributed by atoms with Gasteiger partial charge in [0.2, 0.25) is 0 Å². The van der Waals surface area contributed by atoms with Gasteiger partial charge in [-0.3, -0.25) is 14.9 Å². The Balaban J connectivity index is 1.86. The van der Waals surface area contributed by atoms with Crippen molar-refractivity contribution in [3.63, 3.8) is 0 Å². The van der Waals surface area contributed by atoms with E-state index < -0.39 is 0 Å². The maximum atomic E-state index is 12.9. The highest BCUT2D eigenvalue weighted by atomic mass is 16.5. The molecule has 126 valence electrons. The van der Waals surface area contributed by atoms with E-state index in [1.54, 1.807) is 18.2 Å². The lowest BCUT2D eigenvalue weighted by Crippen LogP contribution is -2.32. The van der Waals surface area contributed by atoms with Gasteiger partial charge < -0.3 is 9.64 Å². The topological polar surface area (TPSA) is 71.1 Å². The molecule has 3 heterocycles. The van der Waals surface area contributed by atoms with Gasteiger partial charge in [0.1, 0.15) is 11.7 Å². The van der Waals surface area contributed by atoms with Crippen LogP contribution in [-0.2, 0) is 4.74 Å². The van der Waals surface area contributed by atoms with Crippen LogP contribution >= 0.6 is 0 Å². The molecule has 0 unspecified atom stereocenters. The van der Waals surface area contributed by atoms with Gasteiger partial charge in [-0.2, -0.15) is 5.10 Å². The first-order valence-electron chi connectivity index (χ1n) is 8.15. The van der Waals surface area contributed by atoms with Crippen LogP contribution in [0.3, 0.4) is 0 Å². The van der Waals surface area contributed by atoms with Crippen LogP contribution in [0.1, 0.15) is 27.8 Å². The maximum Gasteiger partial charge on any atom is 0.273 e. The summed E-state index contributed by atoms with van der Waals surface area (Å²) < 4.78 is 5.19. The van der Waals surface area contributed by atoms with E-state index in [-0.39, 0.29) is 11.9 Å². The first-order chi connectivity index (χ1) is 12.3. The number of hydrogen-bond acceptors (Lipinski definition) is 4. The van der Waals surface area contributed by atoms with E-state index in [1.165, 1.54) is 0 Å². The molecule has 1 amide bonds. The van der Waals surface area contributed by atoms with Crippen molar-refractivity contribution in [1.29, 1.82) is 0 Å². The third-order valence-electron chi connectivity index (χ3n) is 4.42. The second-order valence-corrected chi connectivity index (χ2v) is 5.88. The normalized spacial score (nSPS) is 16.3. The predicted molar refractivity (Wildman–Crippen MR) is 93.0 cm³/mol. The fourth-order valence-electron chi connectivity index (χ4n) is 3.28. The highest BCUT2D eigenvalue weighted by molar-refractivity contribution is 6.00. The molecule has 1 aliphatic heterocycles. The number of hydrogen-bond donors (Lipinski definition) is 1. The van der Waals surface area contributed by atoms with E-state index in [0.717, 1.165) is 22.5 Å². The van der Waals surface area contributed by atoms with Crippen LogP contribution in [0.4, 0.5) is 0 Å². The highest BCUT2D eigenvalue weighted by Gasteiger charge is 2.42. The molecular weight excluding hydrogens is 316 g/mol. The predicted octanol–water partition coefficient (Wildman–Crippen LogP) is 2.66. The Morgan fingerprint density at radius 1 is 1.16 bits per heavy atom. The lowest BCUT2D eigenvalue weighted by atomic mass is 9.99. The van der Waals surface area contributed by atoms with Crippen molar-refractivity contribution < 1.29 is 9.53 Å². The number of ether oxygens (including phenoxy) is 1. The number of amides is 1. The second kappa shape index (κ2) is 6.49. The van der Waals surface area contributed by atoms with Crippen LogP contribution in [-0.4, -0.2) is 46.2 Å². The van der Waals surface area contributed by atoms with Crippen molar-refractivity contribution in [2.24, 2.45) is 0 Å². The molecule has 0 bridgehead atoms. The van der Waals surface area contributed by atoms with E-state index in [1.807, 2.05) is 48.5 Å². The van der Waals surface area contributed by atoms with Gasteiger partial charge in [-0.15, -0.1) is 0 Å². The quantitative estimate of drug-likeness (QED) is 0.779. The summed E-state index contributed by atoms with van der Waals surface area (Å²) >= 11 is 0.